The standard InChI is InChI=1S/C9H9BrO4/c10-6-1-3-7(4-2-6)14-5-8(11)9(12)13/h1-4,8,11H,5H2,(H,12,13). The van der Waals surface area contributed by atoms with Gasteiger partial charge in [-0.05, 0) is 24.3 Å². The molecule has 0 bridgehead atoms. The fourth-order valence-electron chi connectivity index (χ4n) is 0.777. The monoisotopic (exact) mass is 260 g/mol. The minimum atomic E-state index is -1.49. The number of ether oxygens (including phenoxy) is 1. The summed E-state index contributed by atoms with van der Waals surface area (Å²) in [6, 6.07) is 6.89. The molecular formula is C9H9BrO4. The van der Waals surface area contributed by atoms with Gasteiger partial charge in [-0.3, -0.25) is 0 Å². The summed E-state index contributed by atoms with van der Waals surface area (Å²) in [7, 11) is 0. The van der Waals surface area contributed by atoms with Crippen molar-refractivity contribution in [3.63, 3.8) is 0 Å². The summed E-state index contributed by atoms with van der Waals surface area (Å²) in [5.74, 6) is -0.768. The number of carboxylic acid groups (broad SMARTS) is 1. The van der Waals surface area contributed by atoms with E-state index >= 15 is 0 Å². The molecule has 0 spiro atoms. The maximum atomic E-state index is 10.2. The van der Waals surface area contributed by atoms with Gasteiger partial charge in [0.05, 0.1) is 0 Å². The molecule has 1 aromatic carbocycles. The van der Waals surface area contributed by atoms with Crippen LogP contribution in [-0.4, -0.2) is 28.9 Å². The Bertz CT molecular complexity index is 309. The van der Waals surface area contributed by atoms with Crippen LogP contribution in [0.2, 0.25) is 0 Å². The Labute approximate surface area is 89.3 Å². The van der Waals surface area contributed by atoms with E-state index < -0.39 is 12.1 Å². The van der Waals surface area contributed by atoms with E-state index in [0.717, 1.165) is 4.47 Å². The van der Waals surface area contributed by atoms with Gasteiger partial charge in [0.2, 0.25) is 0 Å². The van der Waals surface area contributed by atoms with Gasteiger partial charge in [-0.2, -0.15) is 0 Å². The van der Waals surface area contributed by atoms with Crippen molar-refractivity contribution >= 4 is 21.9 Å². The third kappa shape index (κ3) is 3.35. The van der Waals surface area contributed by atoms with Gasteiger partial charge < -0.3 is 14.9 Å². The maximum Gasteiger partial charge on any atom is 0.336 e. The summed E-state index contributed by atoms with van der Waals surface area (Å²) < 4.78 is 5.94. The summed E-state index contributed by atoms with van der Waals surface area (Å²) in [6.45, 7) is -0.253. The normalized spacial score (nSPS) is 12.1. The van der Waals surface area contributed by atoms with Crippen molar-refractivity contribution in [3.05, 3.63) is 28.7 Å². The van der Waals surface area contributed by atoms with Crippen molar-refractivity contribution in [3.8, 4) is 5.75 Å². The van der Waals surface area contributed by atoms with E-state index in [1.54, 1.807) is 24.3 Å². The van der Waals surface area contributed by atoms with Gasteiger partial charge in [0.15, 0.2) is 6.10 Å². The highest BCUT2D eigenvalue weighted by Gasteiger charge is 2.13. The number of aliphatic hydroxyl groups excluding tert-OH is 1. The zero-order chi connectivity index (χ0) is 10.6. The first-order valence-corrected chi connectivity index (χ1v) is 4.68. The van der Waals surface area contributed by atoms with Crippen LogP contribution in [0.1, 0.15) is 0 Å². The second-order valence-electron chi connectivity index (χ2n) is 2.62. The van der Waals surface area contributed by atoms with Crippen LogP contribution in [0.4, 0.5) is 0 Å². The average Bonchev–Trinajstić information content (AvgIpc) is 2.16. The Morgan fingerprint density at radius 2 is 2.00 bits per heavy atom. The smallest absolute Gasteiger partial charge is 0.336 e. The van der Waals surface area contributed by atoms with Crippen molar-refractivity contribution < 1.29 is 19.7 Å². The first kappa shape index (κ1) is 11.0. The molecule has 14 heavy (non-hydrogen) atoms. The van der Waals surface area contributed by atoms with E-state index in [0.29, 0.717) is 5.75 Å². The van der Waals surface area contributed by atoms with Gasteiger partial charge in [0.1, 0.15) is 12.4 Å². The summed E-state index contributed by atoms with van der Waals surface area (Å²) in [4.78, 5) is 10.2. The van der Waals surface area contributed by atoms with Gasteiger partial charge in [-0.15, -0.1) is 0 Å². The van der Waals surface area contributed by atoms with Gasteiger partial charge in [0, 0.05) is 4.47 Å². The Morgan fingerprint density at radius 1 is 1.43 bits per heavy atom. The van der Waals surface area contributed by atoms with E-state index in [9.17, 15) is 4.79 Å². The minimum absolute atomic E-state index is 0.253. The molecule has 1 rings (SSSR count). The van der Waals surface area contributed by atoms with Gasteiger partial charge >= 0.3 is 5.97 Å². The minimum Gasteiger partial charge on any atom is -0.490 e. The number of benzene rings is 1. The number of aliphatic hydroxyl groups is 1. The number of halogens is 1. The number of carbonyl (C=O) groups is 1. The molecule has 5 heteroatoms. The highest BCUT2D eigenvalue weighted by molar-refractivity contribution is 9.10. The van der Waals surface area contributed by atoms with Gasteiger partial charge in [0.25, 0.3) is 0 Å². The molecular weight excluding hydrogens is 252 g/mol. The first-order valence-electron chi connectivity index (χ1n) is 3.89. The van der Waals surface area contributed by atoms with Gasteiger partial charge in [-0.1, -0.05) is 15.9 Å². The number of carboxylic acids is 1. The highest BCUT2D eigenvalue weighted by Crippen LogP contribution is 2.16. The quantitative estimate of drug-likeness (QED) is 0.856. The lowest BCUT2D eigenvalue weighted by molar-refractivity contribution is -0.148. The molecule has 0 fully saturated rings. The van der Waals surface area contributed by atoms with E-state index in [-0.39, 0.29) is 6.61 Å². The number of rotatable bonds is 4. The van der Waals surface area contributed by atoms with Crippen LogP contribution in [0.5, 0.6) is 5.75 Å². The average molecular weight is 261 g/mol. The molecule has 1 unspecified atom stereocenters. The van der Waals surface area contributed by atoms with Crippen LogP contribution in [0.15, 0.2) is 28.7 Å². The molecule has 0 radical (unpaired) electrons. The molecule has 0 saturated carbocycles. The molecule has 0 heterocycles. The molecule has 0 aliphatic heterocycles. The van der Waals surface area contributed by atoms with E-state index in [4.69, 9.17) is 14.9 Å². The molecule has 76 valence electrons. The lowest BCUT2D eigenvalue weighted by Gasteiger charge is -2.08. The lowest BCUT2D eigenvalue weighted by atomic mass is 10.3. The summed E-state index contributed by atoms with van der Waals surface area (Å²) in [5, 5.41) is 17.3. The lowest BCUT2D eigenvalue weighted by Crippen LogP contribution is -2.26. The Balaban J connectivity index is 2.46. The van der Waals surface area contributed by atoms with Crippen LogP contribution in [0, 0.1) is 0 Å². The molecule has 2 N–H and O–H groups in total. The molecule has 0 aliphatic rings. The predicted octanol–water partition coefficient (Wildman–Crippen LogP) is 1.27. The molecule has 0 amide bonds. The Morgan fingerprint density at radius 3 is 2.50 bits per heavy atom. The van der Waals surface area contributed by atoms with Crippen molar-refractivity contribution in [2.24, 2.45) is 0 Å². The number of aliphatic carboxylic acids is 1. The van der Waals surface area contributed by atoms with Crippen LogP contribution < -0.4 is 4.74 Å². The summed E-state index contributed by atoms with van der Waals surface area (Å²) >= 11 is 3.25. The highest BCUT2D eigenvalue weighted by atomic mass is 79.9. The topological polar surface area (TPSA) is 66.8 Å². The molecule has 4 nitrogen and oxygen atoms in total. The van der Waals surface area contributed by atoms with Gasteiger partial charge in [-0.25, -0.2) is 4.79 Å². The molecule has 1 aromatic rings. The van der Waals surface area contributed by atoms with Crippen LogP contribution >= 0.6 is 15.9 Å². The van der Waals surface area contributed by atoms with E-state index in [1.807, 2.05) is 0 Å². The second-order valence-corrected chi connectivity index (χ2v) is 3.53. The molecule has 0 saturated heterocycles. The Hall–Kier alpha value is -1.07. The largest absolute Gasteiger partial charge is 0.490 e. The number of hydrogen-bond donors (Lipinski definition) is 2. The number of hydrogen-bond acceptors (Lipinski definition) is 3. The Kier molecular flexibility index (Phi) is 3.91. The zero-order valence-corrected chi connectivity index (χ0v) is 8.77. The first-order chi connectivity index (χ1) is 6.59. The molecule has 0 aliphatic carbocycles. The SMILES string of the molecule is O=C(O)C(O)COc1ccc(Br)cc1. The third-order valence-electron chi connectivity index (χ3n) is 1.51. The predicted molar refractivity (Wildman–Crippen MR) is 53.3 cm³/mol. The zero-order valence-electron chi connectivity index (χ0n) is 7.18. The summed E-state index contributed by atoms with van der Waals surface area (Å²) in [5.41, 5.74) is 0. The van der Waals surface area contributed by atoms with Crippen LogP contribution in [0.3, 0.4) is 0 Å². The fraction of sp³-hybridized carbons (Fsp3) is 0.222. The van der Waals surface area contributed by atoms with Crippen LogP contribution in [0.25, 0.3) is 0 Å². The second kappa shape index (κ2) is 4.97. The summed E-state index contributed by atoms with van der Waals surface area (Å²) in [6.07, 6.45) is -1.49. The molecule has 1 atom stereocenters. The van der Waals surface area contributed by atoms with E-state index in [2.05, 4.69) is 15.9 Å². The maximum absolute atomic E-state index is 10.2. The van der Waals surface area contributed by atoms with Crippen molar-refractivity contribution in [1.82, 2.24) is 0 Å². The van der Waals surface area contributed by atoms with Crippen molar-refractivity contribution in [2.75, 3.05) is 6.61 Å². The van der Waals surface area contributed by atoms with Crippen molar-refractivity contribution in [1.29, 1.82) is 0 Å². The van der Waals surface area contributed by atoms with E-state index in [1.165, 1.54) is 0 Å². The molecule has 0 aromatic heterocycles. The van der Waals surface area contributed by atoms with Crippen LogP contribution in [-0.2, 0) is 4.79 Å². The third-order valence-corrected chi connectivity index (χ3v) is 2.04. The fourth-order valence-corrected chi connectivity index (χ4v) is 1.04. The van der Waals surface area contributed by atoms with Crippen molar-refractivity contribution in [2.45, 2.75) is 6.10 Å².